The van der Waals surface area contributed by atoms with Crippen molar-refractivity contribution in [3.8, 4) is 17.2 Å². The van der Waals surface area contributed by atoms with Gasteiger partial charge in [-0.3, -0.25) is 4.79 Å². The Labute approximate surface area is 174 Å². The van der Waals surface area contributed by atoms with Crippen LogP contribution in [-0.4, -0.2) is 46.4 Å². The van der Waals surface area contributed by atoms with Crippen LogP contribution >= 0.6 is 15.9 Å². The van der Waals surface area contributed by atoms with E-state index in [-0.39, 0.29) is 11.9 Å². The summed E-state index contributed by atoms with van der Waals surface area (Å²) >= 11 is 3.53. The van der Waals surface area contributed by atoms with Crippen molar-refractivity contribution in [2.45, 2.75) is 19.9 Å². The Morgan fingerprint density at radius 2 is 1.75 bits per heavy atom. The number of halogens is 1. The topological polar surface area (TPSA) is 51.2 Å². The van der Waals surface area contributed by atoms with E-state index < -0.39 is 0 Å². The molecule has 150 valence electrons. The first-order valence-electron chi connectivity index (χ1n) is 9.14. The summed E-state index contributed by atoms with van der Waals surface area (Å²) in [6, 6.07) is 9.87. The van der Waals surface area contributed by atoms with Gasteiger partial charge < -0.3 is 24.0 Å². The maximum atomic E-state index is 13.6. The normalized spacial score (nSPS) is 15.9. The summed E-state index contributed by atoms with van der Waals surface area (Å²) in [7, 11) is 4.61. The Morgan fingerprint density at radius 1 is 1.11 bits per heavy atom. The zero-order valence-electron chi connectivity index (χ0n) is 16.8. The number of carbonyl (C=O) groups is 1. The molecule has 0 aromatic heterocycles. The number of methoxy groups -OCH3 is 3. The highest BCUT2D eigenvalue weighted by atomic mass is 79.9. The average Bonchev–Trinajstić information content (AvgIpc) is 2.72. The molecule has 6 nitrogen and oxygen atoms in total. The largest absolute Gasteiger partial charge is 0.493 e. The van der Waals surface area contributed by atoms with Crippen molar-refractivity contribution in [3.63, 3.8) is 0 Å². The number of nitrogens with zero attached hydrogens (tertiary/aromatic N) is 2. The van der Waals surface area contributed by atoms with Crippen molar-refractivity contribution in [2.75, 3.05) is 44.2 Å². The maximum Gasteiger partial charge on any atom is 0.259 e. The van der Waals surface area contributed by atoms with Gasteiger partial charge in [-0.15, -0.1) is 0 Å². The number of amides is 1. The summed E-state index contributed by atoms with van der Waals surface area (Å²) in [6.45, 7) is 5.73. The van der Waals surface area contributed by atoms with Gasteiger partial charge in [0.15, 0.2) is 11.5 Å². The van der Waals surface area contributed by atoms with Crippen molar-refractivity contribution in [1.29, 1.82) is 0 Å². The van der Waals surface area contributed by atoms with Gasteiger partial charge >= 0.3 is 0 Å². The zero-order chi connectivity index (χ0) is 20.4. The number of ether oxygens (including phenoxy) is 3. The van der Waals surface area contributed by atoms with Crippen molar-refractivity contribution in [3.05, 3.63) is 40.4 Å². The molecule has 1 atom stereocenters. The van der Waals surface area contributed by atoms with Crippen LogP contribution in [-0.2, 0) is 0 Å². The second-order valence-electron chi connectivity index (χ2n) is 6.55. The Bertz CT molecular complexity index is 887. The smallest absolute Gasteiger partial charge is 0.259 e. The van der Waals surface area contributed by atoms with Gasteiger partial charge in [0.25, 0.3) is 5.91 Å². The van der Waals surface area contributed by atoms with Crippen LogP contribution in [0.1, 0.15) is 24.2 Å². The molecule has 1 heterocycles. The van der Waals surface area contributed by atoms with E-state index >= 15 is 0 Å². The third-order valence-corrected chi connectivity index (χ3v) is 5.83. The fourth-order valence-electron chi connectivity index (χ4n) is 3.73. The third kappa shape index (κ3) is 3.28. The first-order chi connectivity index (χ1) is 13.5. The standard InChI is InChI=1S/C21H25BrN2O4/c1-6-23-13(2)12-24(16-10-8-7-9-15(16)23)21(25)14-11-17(26-3)19(27-4)20(28-5)18(14)22/h7-11,13H,6,12H2,1-5H3. The lowest BCUT2D eigenvalue weighted by molar-refractivity contribution is 0.0982. The van der Waals surface area contributed by atoms with Crippen LogP contribution in [0, 0.1) is 0 Å². The molecule has 3 rings (SSSR count). The van der Waals surface area contributed by atoms with Gasteiger partial charge in [0.1, 0.15) is 0 Å². The van der Waals surface area contributed by atoms with Gasteiger partial charge in [-0.1, -0.05) is 12.1 Å². The van der Waals surface area contributed by atoms with Crippen LogP contribution in [0.3, 0.4) is 0 Å². The molecule has 0 fully saturated rings. The van der Waals surface area contributed by atoms with E-state index in [9.17, 15) is 4.79 Å². The number of hydrogen-bond donors (Lipinski definition) is 0. The first kappa shape index (κ1) is 20.3. The van der Waals surface area contributed by atoms with Crippen LogP contribution < -0.4 is 24.0 Å². The molecule has 0 spiro atoms. The minimum atomic E-state index is -0.124. The second-order valence-corrected chi connectivity index (χ2v) is 7.34. The number of likely N-dealkylation sites (N-methyl/N-ethyl adjacent to an activating group) is 1. The van der Waals surface area contributed by atoms with Gasteiger partial charge in [0.05, 0.1) is 42.7 Å². The summed E-state index contributed by atoms with van der Waals surface area (Å²) in [5, 5.41) is 0. The Balaban J connectivity index is 2.12. The predicted octanol–water partition coefficient (Wildman–Crippen LogP) is 4.35. The molecule has 0 saturated carbocycles. The summed E-state index contributed by atoms with van der Waals surface area (Å²) < 4.78 is 16.9. The van der Waals surface area contributed by atoms with Gasteiger partial charge in [0.2, 0.25) is 5.75 Å². The molecule has 2 aromatic carbocycles. The highest BCUT2D eigenvalue weighted by molar-refractivity contribution is 9.10. The summed E-state index contributed by atoms with van der Waals surface area (Å²) in [6.07, 6.45) is 0. The number of anilines is 2. The number of benzene rings is 2. The maximum absolute atomic E-state index is 13.6. The average molecular weight is 449 g/mol. The van der Waals surface area contributed by atoms with Gasteiger partial charge in [-0.25, -0.2) is 0 Å². The number of hydrogen-bond acceptors (Lipinski definition) is 5. The SMILES string of the molecule is CCN1c2ccccc2N(C(=O)c2cc(OC)c(OC)c(OC)c2Br)CC1C. The molecule has 1 unspecified atom stereocenters. The van der Waals surface area contributed by atoms with E-state index in [1.807, 2.05) is 23.1 Å². The molecule has 1 aliphatic rings. The van der Waals surface area contributed by atoms with Crippen LogP contribution in [0.5, 0.6) is 17.2 Å². The lowest BCUT2D eigenvalue weighted by Crippen LogP contribution is -2.49. The summed E-state index contributed by atoms with van der Waals surface area (Å²) in [5.41, 5.74) is 2.41. The molecular formula is C21H25BrN2O4. The molecule has 0 radical (unpaired) electrons. The lowest BCUT2D eigenvalue weighted by atomic mass is 10.1. The molecule has 0 aliphatic carbocycles. The quantitative estimate of drug-likeness (QED) is 0.680. The molecule has 1 aliphatic heterocycles. The fourth-order valence-corrected chi connectivity index (χ4v) is 4.36. The van der Waals surface area contributed by atoms with E-state index in [0.717, 1.165) is 17.9 Å². The summed E-state index contributed by atoms with van der Waals surface area (Å²) in [5.74, 6) is 1.19. The van der Waals surface area contributed by atoms with E-state index in [4.69, 9.17) is 14.2 Å². The van der Waals surface area contributed by atoms with Gasteiger partial charge in [-0.2, -0.15) is 0 Å². The first-order valence-corrected chi connectivity index (χ1v) is 9.93. The van der Waals surface area contributed by atoms with Crippen molar-refractivity contribution < 1.29 is 19.0 Å². The molecular weight excluding hydrogens is 424 g/mol. The van der Waals surface area contributed by atoms with E-state index in [1.165, 1.54) is 21.3 Å². The molecule has 28 heavy (non-hydrogen) atoms. The van der Waals surface area contributed by atoms with Crippen molar-refractivity contribution >= 4 is 33.2 Å². The van der Waals surface area contributed by atoms with Crippen LogP contribution in [0.4, 0.5) is 11.4 Å². The molecule has 0 N–H and O–H groups in total. The second kappa shape index (κ2) is 8.31. The monoisotopic (exact) mass is 448 g/mol. The van der Waals surface area contributed by atoms with E-state index in [0.29, 0.717) is 33.8 Å². The Morgan fingerprint density at radius 3 is 2.32 bits per heavy atom. The van der Waals surface area contributed by atoms with Gasteiger partial charge in [-0.05, 0) is 48.0 Å². The van der Waals surface area contributed by atoms with E-state index in [2.05, 4.69) is 40.7 Å². The highest BCUT2D eigenvalue weighted by Crippen LogP contribution is 2.46. The minimum Gasteiger partial charge on any atom is -0.493 e. The van der Waals surface area contributed by atoms with Crippen LogP contribution in [0.2, 0.25) is 0 Å². The number of carbonyl (C=O) groups excluding carboxylic acids is 1. The van der Waals surface area contributed by atoms with Crippen molar-refractivity contribution in [2.24, 2.45) is 0 Å². The number of para-hydroxylation sites is 2. The van der Waals surface area contributed by atoms with Crippen LogP contribution in [0.15, 0.2) is 34.8 Å². The molecule has 1 amide bonds. The number of fused-ring (bicyclic) bond motifs is 1. The van der Waals surface area contributed by atoms with Gasteiger partial charge in [0, 0.05) is 19.1 Å². The zero-order valence-corrected chi connectivity index (χ0v) is 18.4. The fraction of sp³-hybridized carbons (Fsp3) is 0.381. The number of rotatable bonds is 5. The lowest BCUT2D eigenvalue weighted by Gasteiger charge is -2.42. The Kier molecular flexibility index (Phi) is 6.03. The minimum absolute atomic E-state index is 0.124. The molecule has 2 aromatic rings. The molecule has 7 heteroatoms. The molecule has 0 bridgehead atoms. The van der Waals surface area contributed by atoms with Crippen molar-refractivity contribution in [1.82, 2.24) is 0 Å². The predicted molar refractivity (Wildman–Crippen MR) is 114 cm³/mol. The van der Waals surface area contributed by atoms with E-state index in [1.54, 1.807) is 6.07 Å². The third-order valence-electron chi connectivity index (χ3n) is 5.05. The summed E-state index contributed by atoms with van der Waals surface area (Å²) in [4.78, 5) is 17.7. The van der Waals surface area contributed by atoms with Crippen LogP contribution in [0.25, 0.3) is 0 Å². The Hall–Kier alpha value is -2.41. The molecule has 0 saturated heterocycles. The highest BCUT2D eigenvalue weighted by Gasteiger charge is 2.33.